The second kappa shape index (κ2) is 6.92. The second-order valence-corrected chi connectivity index (χ2v) is 7.51. The lowest BCUT2D eigenvalue weighted by atomic mass is 10.0. The van der Waals surface area contributed by atoms with Gasteiger partial charge in [0.05, 0.1) is 5.70 Å². The molecule has 9 nitrogen and oxygen atoms in total. The van der Waals surface area contributed by atoms with E-state index >= 15 is 0 Å². The Hall–Kier alpha value is -2.66. The molecule has 1 aromatic rings. The highest BCUT2D eigenvalue weighted by Gasteiger charge is 2.53. The topological polar surface area (TPSA) is 138 Å². The molecule has 2 aliphatic rings. The normalized spacial score (nSPS) is 22.6. The summed E-state index contributed by atoms with van der Waals surface area (Å²) >= 11 is 2.50. The predicted molar refractivity (Wildman–Crippen MR) is 97.8 cm³/mol. The zero-order valence-electron chi connectivity index (χ0n) is 13.6. The molecule has 0 bridgehead atoms. The van der Waals surface area contributed by atoms with Crippen LogP contribution in [0.1, 0.15) is 12.6 Å². The molecular weight excluding hydrogens is 378 g/mol. The van der Waals surface area contributed by atoms with Gasteiger partial charge in [0, 0.05) is 18.1 Å². The average Bonchev–Trinajstić information content (AvgIpc) is 3.04. The van der Waals surface area contributed by atoms with Gasteiger partial charge in [-0.05, 0) is 5.57 Å². The van der Waals surface area contributed by atoms with Crippen LogP contribution in [0, 0.1) is 0 Å². The van der Waals surface area contributed by atoms with Crippen LogP contribution in [-0.4, -0.2) is 55.6 Å². The number of Topliss-reactive ketones (excluding diaryl/α,β-unsaturated/α-hetero) is 1. The number of hydrogen-bond acceptors (Lipinski definition) is 9. The summed E-state index contributed by atoms with van der Waals surface area (Å²) in [6, 6.07) is -0.832. The molecule has 0 spiro atoms. The third-order valence-corrected chi connectivity index (χ3v) is 5.92. The standard InChI is InChI=1S/C15H15N5O4S2/c1-3-7-4-25-14-10(13(23)20(14)11(7)6(2)21)18-12(22)9(19-24)8-5-26-15(16)17-8/h3,5,10,14,24H,1,4H2,2H3,(H2,16,17)(H,18,22)/b19-9-. The number of allylic oxidation sites excluding steroid dienone is 2. The van der Waals surface area contributed by atoms with Crippen molar-refractivity contribution < 1.29 is 19.6 Å². The van der Waals surface area contributed by atoms with Crippen molar-refractivity contribution in [2.45, 2.75) is 18.3 Å². The number of β-lactam (4-membered cyclic amide) rings is 1. The van der Waals surface area contributed by atoms with Crippen LogP contribution in [0.3, 0.4) is 0 Å². The van der Waals surface area contributed by atoms with Crippen molar-refractivity contribution >= 4 is 51.5 Å². The molecule has 1 fully saturated rings. The minimum Gasteiger partial charge on any atom is -0.410 e. The quantitative estimate of drug-likeness (QED) is 0.284. The van der Waals surface area contributed by atoms with E-state index in [1.165, 1.54) is 29.0 Å². The van der Waals surface area contributed by atoms with E-state index in [0.717, 1.165) is 11.3 Å². The number of nitrogens with one attached hydrogen (secondary N) is 1. The molecule has 26 heavy (non-hydrogen) atoms. The number of aromatic nitrogens is 1. The van der Waals surface area contributed by atoms with Gasteiger partial charge in [0.2, 0.25) is 0 Å². The number of thioether (sulfide) groups is 1. The van der Waals surface area contributed by atoms with Crippen LogP contribution in [0.4, 0.5) is 5.13 Å². The molecule has 0 aliphatic carbocycles. The van der Waals surface area contributed by atoms with E-state index in [1.54, 1.807) is 6.08 Å². The number of carbonyl (C=O) groups excluding carboxylic acids is 3. The molecule has 0 saturated carbocycles. The summed E-state index contributed by atoms with van der Waals surface area (Å²) in [5, 5.41) is 15.9. The van der Waals surface area contributed by atoms with E-state index in [9.17, 15) is 14.4 Å². The highest BCUT2D eigenvalue weighted by atomic mass is 32.2. The Morgan fingerprint density at radius 1 is 1.58 bits per heavy atom. The van der Waals surface area contributed by atoms with Crippen LogP contribution in [0.25, 0.3) is 0 Å². The van der Waals surface area contributed by atoms with E-state index in [1.807, 2.05) is 0 Å². The molecule has 1 aromatic heterocycles. The smallest absolute Gasteiger partial charge is 0.276 e. The third kappa shape index (κ3) is 2.88. The van der Waals surface area contributed by atoms with Crippen LogP contribution in [0.2, 0.25) is 0 Å². The largest absolute Gasteiger partial charge is 0.410 e. The maximum atomic E-state index is 12.5. The van der Waals surface area contributed by atoms with Gasteiger partial charge in [0.25, 0.3) is 11.8 Å². The van der Waals surface area contributed by atoms with Gasteiger partial charge in [-0.15, -0.1) is 23.1 Å². The van der Waals surface area contributed by atoms with Gasteiger partial charge < -0.3 is 16.3 Å². The maximum Gasteiger partial charge on any atom is 0.276 e. The van der Waals surface area contributed by atoms with Crippen molar-refractivity contribution in [3.63, 3.8) is 0 Å². The number of thiazole rings is 1. The van der Waals surface area contributed by atoms with Crippen molar-refractivity contribution in [1.29, 1.82) is 0 Å². The predicted octanol–water partition coefficient (Wildman–Crippen LogP) is 0.333. The number of fused-ring (bicyclic) bond motifs is 1. The van der Waals surface area contributed by atoms with Gasteiger partial charge in [0.15, 0.2) is 16.6 Å². The van der Waals surface area contributed by atoms with Gasteiger partial charge in [-0.1, -0.05) is 17.8 Å². The first-order chi connectivity index (χ1) is 12.4. The fraction of sp³-hybridized carbons (Fsp3) is 0.267. The highest BCUT2D eigenvalue weighted by Crippen LogP contribution is 2.40. The Morgan fingerprint density at radius 3 is 2.85 bits per heavy atom. The van der Waals surface area contributed by atoms with Crippen LogP contribution in [0.15, 0.2) is 34.5 Å². The van der Waals surface area contributed by atoms with E-state index < -0.39 is 23.2 Å². The molecule has 136 valence electrons. The van der Waals surface area contributed by atoms with Crippen LogP contribution >= 0.6 is 23.1 Å². The summed E-state index contributed by atoms with van der Waals surface area (Å²) in [5.74, 6) is -0.892. The Kier molecular flexibility index (Phi) is 4.83. The van der Waals surface area contributed by atoms with Crippen LogP contribution in [0.5, 0.6) is 0 Å². The number of carbonyl (C=O) groups is 3. The van der Waals surface area contributed by atoms with Gasteiger partial charge in [-0.3, -0.25) is 19.3 Å². The molecule has 2 atom stereocenters. The molecule has 2 amide bonds. The summed E-state index contributed by atoms with van der Waals surface area (Å²) in [4.78, 5) is 42.1. The summed E-state index contributed by atoms with van der Waals surface area (Å²) in [5.41, 5.74) is 6.30. The van der Waals surface area contributed by atoms with Gasteiger partial charge in [0.1, 0.15) is 17.1 Å². The van der Waals surface area contributed by atoms with Crippen LogP contribution in [-0.2, 0) is 14.4 Å². The number of nitrogens with two attached hydrogens (primary N) is 1. The zero-order chi connectivity index (χ0) is 19.0. The molecular formula is C15H15N5O4S2. The number of nitrogens with zero attached hydrogens (tertiary/aromatic N) is 3. The molecule has 3 heterocycles. The SMILES string of the molecule is C=CC1=C(C(C)=O)N2C(=O)C(NC(=O)/C(=N\O)c3csc(N)n3)C2SC1. The molecule has 2 unspecified atom stereocenters. The highest BCUT2D eigenvalue weighted by molar-refractivity contribution is 8.00. The summed E-state index contributed by atoms with van der Waals surface area (Å²) in [7, 11) is 0. The van der Waals surface area contributed by atoms with Gasteiger partial charge >= 0.3 is 0 Å². The second-order valence-electron chi connectivity index (χ2n) is 5.51. The molecule has 1 saturated heterocycles. The number of amides is 2. The molecule has 11 heteroatoms. The monoisotopic (exact) mass is 393 g/mol. The van der Waals surface area contributed by atoms with E-state index in [4.69, 9.17) is 10.9 Å². The summed E-state index contributed by atoms with van der Waals surface area (Å²) in [6.45, 7) is 5.06. The zero-order valence-corrected chi connectivity index (χ0v) is 15.3. The lowest BCUT2D eigenvalue weighted by Crippen LogP contribution is -2.70. The van der Waals surface area contributed by atoms with Gasteiger partial charge in [-0.2, -0.15) is 0 Å². The average molecular weight is 393 g/mol. The first kappa shape index (κ1) is 18.1. The van der Waals surface area contributed by atoms with E-state index in [2.05, 4.69) is 22.0 Å². The Bertz CT molecular complexity index is 875. The fourth-order valence-corrected chi connectivity index (χ4v) is 4.66. The lowest BCUT2D eigenvalue weighted by Gasteiger charge is -2.49. The number of oxime groups is 1. The molecule has 0 aromatic carbocycles. The number of hydrogen-bond donors (Lipinski definition) is 3. The molecule has 3 rings (SSSR count). The lowest BCUT2D eigenvalue weighted by molar-refractivity contribution is -0.146. The Labute approximate surface area is 156 Å². The van der Waals surface area contributed by atoms with Crippen molar-refractivity contribution in [3.05, 3.63) is 35.0 Å². The van der Waals surface area contributed by atoms with Crippen molar-refractivity contribution in [2.75, 3.05) is 11.5 Å². The minimum atomic E-state index is -0.832. The van der Waals surface area contributed by atoms with Crippen LogP contribution < -0.4 is 11.1 Å². The molecule has 4 N–H and O–H groups in total. The maximum absolute atomic E-state index is 12.5. The number of nitrogen functional groups attached to an aromatic ring is 1. The third-order valence-electron chi connectivity index (χ3n) is 3.94. The first-order valence-electron chi connectivity index (χ1n) is 7.44. The van der Waals surface area contributed by atoms with Crippen molar-refractivity contribution in [3.8, 4) is 0 Å². The Morgan fingerprint density at radius 2 is 2.31 bits per heavy atom. The van der Waals surface area contributed by atoms with E-state index in [0.29, 0.717) is 17.0 Å². The number of ketones is 1. The number of anilines is 1. The first-order valence-corrected chi connectivity index (χ1v) is 9.37. The summed E-state index contributed by atoms with van der Waals surface area (Å²) in [6.07, 6.45) is 1.56. The molecule has 0 radical (unpaired) electrons. The van der Waals surface area contributed by atoms with Gasteiger partial charge in [-0.25, -0.2) is 4.98 Å². The van der Waals surface area contributed by atoms with E-state index in [-0.39, 0.29) is 22.3 Å². The Balaban J connectivity index is 1.78. The molecule has 2 aliphatic heterocycles. The van der Waals surface area contributed by atoms with Crippen molar-refractivity contribution in [1.82, 2.24) is 15.2 Å². The van der Waals surface area contributed by atoms with Crippen molar-refractivity contribution in [2.24, 2.45) is 5.16 Å². The minimum absolute atomic E-state index is 0.116. The number of rotatable bonds is 5. The fourth-order valence-electron chi connectivity index (χ4n) is 2.77. The summed E-state index contributed by atoms with van der Waals surface area (Å²) < 4.78 is 0.